The number of amides is 2. The van der Waals surface area contributed by atoms with Gasteiger partial charge in [-0.1, -0.05) is 0 Å². The normalized spacial score (nSPS) is 17.5. The van der Waals surface area contributed by atoms with Crippen molar-refractivity contribution in [2.24, 2.45) is 0 Å². The van der Waals surface area contributed by atoms with E-state index in [0.29, 0.717) is 17.2 Å². The van der Waals surface area contributed by atoms with Crippen LogP contribution in [-0.2, 0) is 10.8 Å². The van der Waals surface area contributed by atoms with Crippen LogP contribution in [0.4, 0.5) is 14.9 Å². The molecular formula is C16H23FN2O3S. The van der Waals surface area contributed by atoms with Crippen molar-refractivity contribution < 1.29 is 18.1 Å². The Morgan fingerprint density at radius 3 is 2.78 bits per heavy atom. The first-order chi connectivity index (χ1) is 10.9. The summed E-state index contributed by atoms with van der Waals surface area (Å²) in [6.45, 7) is 1.78. The molecule has 0 unspecified atom stereocenters. The van der Waals surface area contributed by atoms with Crippen molar-refractivity contribution in [1.29, 1.82) is 0 Å². The zero-order valence-corrected chi connectivity index (χ0v) is 14.2. The van der Waals surface area contributed by atoms with Gasteiger partial charge in [-0.15, -0.1) is 0 Å². The lowest BCUT2D eigenvalue weighted by atomic mass is 10.2. The maximum Gasteiger partial charge on any atom is 0.319 e. The van der Waals surface area contributed by atoms with Crippen molar-refractivity contribution in [1.82, 2.24) is 5.32 Å². The van der Waals surface area contributed by atoms with Crippen LogP contribution >= 0.6 is 0 Å². The first-order valence-electron chi connectivity index (χ1n) is 7.78. The summed E-state index contributed by atoms with van der Waals surface area (Å²) in [5.74, 6) is 0.319. The van der Waals surface area contributed by atoms with Crippen LogP contribution in [0.1, 0.15) is 32.6 Å². The predicted molar refractivity (Wildman–Crippen MR) is 89.8 cm³/mol. The van der Waals surface area contributed by atoms with E-state index in [1.54, 1.807) is 13.2 Å². The van der Waals surface area contributed by atoms with Crippen LogP contribution in [0, 0.1) is 5.82 Å². The third-order valence-corrected chi connectivity index (χ3v) is 4.62. The lowest BCUT2D eigenvalue weighted by Gasteiger charge is -2.18. The van der Waals surface area contributed by atoms with E-state index in [0.717, 1.165) is 25.7 Å². The predicted octanol–water partition coefficient (Wildman–Crippen LogP) is 3.04. The van der Waals surface area contributed by atoms with E-state index >= 15 is 0 Å². The summed E-state index contributed by atoms with van der Waals surface area (Å²) in [7, 11) is -0.986. The molecule has 2 rings (SSSR count). The molecule has 0 aromatic heterocycles. The standard InChI is InChI=1S/C16H23FN2O3S/c1-11(10-23(2)21)18-16(20)19-14-8-7-12(17)9-15(14)22-13-5-3-4-6-13/h7-9,11,13H,3-6,10H2,1-2H3,(H2,18,19,20)/t11-,23-/m1/s1. The lowest BCUT2D eigenvalue weighted by molar-refractivity contribution is 0.210. The van der Waals surface area contributed by atoms with Crippen LogP contribution < -0.4 is 15.4 Å². The Bertz CT molecular complexity index is 576. The van der Waals surface area contributed by atoms with Crippen molar-refractivity contribution in [2.75, 3.05) is 17.3 Å². The van der Waals surface area contributed by atoms with E-state index in [1.807, 2.05) is 0 Å². The highest BCUT2D eigenvalue weighted by molar-refractivity contribution is 7.84. The molecule has 7 heteroatoms. The topological polar surface area (TPSA) is 67.4 Å². The lowest BCUT2D eigenvalue weighted by Crippen LogP contribution is -2.39. The maximum atomic E-state index is 13.5. The van der Waals surface area contributed by atoms with E-state index in [-0.39, 0.29) is 12.1 Å². The van der Waals surface area contributed by atoms with Gasteiger partial charge in [0.1, 0.15) is 11.6 Å². The maximum absolute atomic E-state index is 13.5. The molecule has 0 bridgehead atoms. The van der Waals surface area contributed by atoms with Crippen LogP contribution in [0.2, 0.25) is 0 Å². The number of carbonyl (C=O) groups excluding carboxylic acids is 1. The quantitative estimate of drug-likeness (QED) is 0.835. The number of halogens is 1. The second-order valence-electron chi connectivity index (χ2n) is 5.90. The van der Waals surface area contributed by atoms with E-state index in [9.17, 15) is 13.4 Å². The minimum Gasteiger partial charge on any atom is -0.488 e. The summed E-state index contributed by atoms with van der Waals surface area (Å²) in [6.07, 6.45) is 5.76. The molecule has 0 spiro atoms. The van der Waals surface area contributed by atoms with Crippen LogP contribution in [0.25, 0.3) is 0 Å². The molecule has 2 atom stereocenters. The number of hydrogen-bond acceptors (Lipinski definition) is 3. The molecule has 128 valence electrons. The molecule has 2 amide bonds. The first kappa shape index (κ1) is 17.7. The number of nitrogens with one attached hydrogen (secondary N) is 2. The van der Waals surface area contributed by atoms with Crippen LogP contribution in [0.15, 0.2) is 18.2 Å². The summed E-state index contributed by atoms with van der Waals surface area (Å²) in [4.78, 5) is 12.0. The van der Waals surface area contributed by atoms with Gasteiger partial charge in [-0.25, -0.2) is 9.18 Å². The molecule has 1 aromatic rings. The highest BCUT2D eigenvalue weighted by Crippen LogP contribution is 2.30. The minimum atomic E-state index is -0.986. The van der Waals surface area contributed by atoms with Gasteiger partial charge in [0.2, 0.25) is 0 Å². The number of anilines is 1. The zero-order chi connectivity index (χ0) is 16.8. The number of ether oxygens (including phenoxy) is 1. The average molecular weight is 342 g/mol. The molecule has 1 aliphatic carbocycles. The van der Waals surface area contributed by atoms with Crippen molar-refractivity contribution in [2.45, 2.75) is 44.8 Å². The van der Waals surface area contributed by atoms with Crippen molar-refractivity contribution in [3.05, 3.63) is 24.0 Å². The summed E-state index contributed by atoms with van der Waals surface area (Å²) in [5, 5.41) is 5.38. The zero-order valence-electron chi connectivity index (χ0n) is 13.4. The second kappa shape index (κ2) is 8.29. The number of urea groups is 1. The fraction of sp³-hybridized carbons (Fsp3) is 0.562. The number of benzene rings is 1. The number of rotatable bonds is 6. The van der Waals surface area contributed by atoms with Gasteiger partial charge < -0.3 is 15.4 Å². The van der Waals surface area contributed by atoms with E-state index in [1.165, 1.54) is 18.2 Å². The van der Waals surface area contributed by atoms with Gasteiger partial charge in [0, 0.05) is 34.9 Å². The van der Waals surface area contributed by atoms with Gasteiger partial charge in [-0.2, -0.15) is 0 Å². The minimum absolute atomic E-state index is 0.0712. The van der Waals surface area contributed by atoms with Crippen molar-refractivity contribution in [3.8, 4) is 5.75 Å². The summed E-state index contributed by atoms with van der Waals surface area (Å²) in [6, 6.07) is 3.41. The Hall–Kier alpha value is -1.63. The fourth-order valence-corrected chi connectivity index (χ4v) is 3.45. The van der Waals surface area contributed by atoms with Crippen LogP contribution in [0.5, 0.6) is 5.75 Å². The molecule has 1 saturated carbocycles. The van der Waals surface area contributed by atoms with Gasteiger partial charge >= 0.3 is 6.03 Å². The van der Waals surface area contributed by atoms with E-state index in [2.05, 4.69) is 10.6 Å². The highest BCUT2D eigenvalue weighted by Gasteiger charge is 2.19. The molecule has 1 fully saturated rings. The Morgan fingerprint density at radius 1 is 1.43 bits per heavy atom. The summed E-state index contributed by atoms with van der Waals surface area (Å²) in [5.41, 5.74) is 0.431. The van der Waals surface area contributed by atoms with E-state index in [4.69, 9.17) is 4.74 Å². The highest BCUT2D eigenvalue weighted by atomic mass is 32.2. The summed E-state index contributed by atoms with van der Waals surface area (Å²) < 4.78 is 30.5. The van der Waals surface area contributed by atoms with E-state index < -0.39 is 22.6 Å². The van der Waals surface area contributed by atoms with Gasteiger partial charge in [0.05, 0.1) is 11.8 Å². The summed E-state index contributed by atoms with van der Waals surface area (Å²) >= 11 is 0. The van der Waals surface area contributed by atoms with Crippen molar-refractivity contribution >= 4 is 22.5 Å². The number of hydrogen-bond donors (Lipinski definition) is 2. The fourth-order valence-electron chi connectivity index (χ4n) is 2.66. The SMILES string of the molecule is C[C@H](C[S@@](C)=O)NC(=O)Nc1ccc(F)cc1OC1CCCC1. The molecular weight excluding hydrogens is 319 g/mol. The molecule has 5 nitrogen and oxygen atoms in total. The molecule has 0 aliphatic heterocycles. The molecule has 0 heterocycles. The molecule has 1 aliphatic rings. The van der Waals surface area contributed by atoms with Gasteiger partial charge in [0.25, 0.3) is 0 Å². The average Bonchev–Trinajstić information content (AvgIpc) is 2.93. The van der Waals surface area contributed by atoms with Gasteiger partial charge in [0.15, 0.2) is 0 Å². The van der Waals surface area contributed by atoms with Gasteiger partial charge in [-0.05, 0) is 44.7 Å². The smallest absolute Gasteiger partial charge is 0.319 e. The Kier molecular flexibility index (Phi) is 6.38. The monoisotopic (exact) mass is 342 g/mol. The van der Waals surface area contributed by atoms with Crippen molar-refractivity contribution in [3.63, 3.8) is 0 Å². The van der Waals surface area contributed by atoms with Gasteiger partial charge in [-0.3, -0.25) is 4.21 Å². The molecule has 1 aromatic carbocycles. The molecule has 23 heavy (non-hydrogen) atoms. The van der Waals surface area contributed by atoms with Crippen LogP contribution in [-0.4, -0.2) is 34.4 Å². The Morgan fingerprint density at radius 2 is 2.13 bits per heavy atom. The Balaban J connectivity index is 2.00. The Labute approximate surface area is 138 Å². The first-order valence-corrected chi connectivity index (χ1v) is 9.50. The molecule has 0 radical (unpaired) electrons. The molecule has 2 N–H and O–H groups in total. The van der Waals surface area contributed by atoms with Crippen LogP contribution in [0.3, 0.4) is 0 Å². The second-order valence-corrected chi connectivity index (χ2v) is 7.38. The largest absolute Gasteiger partial charge is 0.488 e. The number of carbonyl (C=O) groups is 1. The molecule has 0 saturated heterocycles. The third-order valence-electron chi connectivity index (χ3n) is 3.65. The third kappa shape index (κ3) is 5.82.